The molecule has 180 valence electrons. The maximum atomic E-state index is 11.6. The highest BCUT2D eigenvalue weighted by Crippen LogP contribution is 2.48. The fraction of sp³-hybridized carbons (Fsp3) is 0.233. The van der Waals surface area contributed by atoms with Crippen LogP contribution in [0.15, 0.2) is 97.0 Å². The average molecular weight is 470 g/mol. The van der Waals surface area contributed by atoms with Gasteiger partial charge in [0.25, 0.3) is 0 Å². The first-order valence-corrected chi connectivity index (χ1v) is 11.7. The number of hydrogen-bond donors (Lipinski definition) is 2. The highest BCUT2D eigenvalue weighted by molar-refractivity contribution is 5.85. The van der Waals surface area contributed by atoms with Crippen LogP contribution in [0.4, 0.5) is 0 Å². The molecule has 0 aromatic heterocycles. The maximum absolute atomic E-state index is 11.6. The molecule has 0 heterocycles. The van der Waals surface area contributed by atoms with Gasteiger partial charge in [-0.2, -0.15) is 0 Å². The average Bonchev–Trinajstić information content (AvgIpc) is 3.68. The summed E-state index contributed by atoms with van der Waals surface area (Å²) in [5.74, 6) is 0.404. The predicted molar refractivity (Wildman–Crippen MR) is 138 cm³/mol. The Bertz CT molecular complexity index is 1220. The zero-order valence-corrected chi connectivity index (χ0v) is 20.4. The summed E-state index contributed by atoms with van der Waals surface area (Å²) in [6.07, 6.45) is 1.28. The van der Waals surface area contributed by atoms with Crippen LogP contribution >= 0.6 is 0 Å². The van der Waals surface area contributed by atoms with Crippen LogP contribution in [0.3, 0.4) is 0 Å². The molecule has 5 nitrogen and oxygen atoms in total. The molecule has 0 saturated heterocycles. The van der Waals surface area contributed by atoms with Crippen LogP contribution < -0.4 is 5.32 Å². The van der Waals surface area contributed by atoms with E-state index in [0.717, 1.165) is 33.5 Å². The standard InChI is InChI=1S/C30H31NO4/c1-20(31-22(3)35-21(2)23-8-6-5-7-9-23)28(34-4)26-12-10-24(11-13-26)25-14-16-27(17-15-25)30(18-19-30)29(32)33/h5-17,21,31H,3,18-19H2,1-2,4H3,(H,32,33)/b28-20+/t21-/m1/s1. The van der Waals surface area contributed by atoms with E-state index < -0.39 is 11.4 Å². The summed E-state index contributed by atoms with van der Waals surface area (Å²) in [5, 5.41) is 12.7. The van der Waals surface area contributed by atoms with E-state index in [1.165, 1.54) is 0 Å². The van der Waals surface area contributed by atoms with E-state index in [9.17, 15) is 9.90 Å². The summed E-state index contributed by atoms with van der Waals surface area (Å²) in [4.78, 5) is 11.6. The molecular formula is C30H31NO4. The first kappa shape index (κ1) is 24.1. The van der Waals surface area contributed by atoms with Gasteiger partial charge in [-0.05, 0) is 55.5 Å². The Balaban J connectivity index is 1.45. The largest absolute Gasteiger partial charge is 0.494 e. The first-order chi connectivity index (χ1) is 16.8. The third-order valence-corrected chi connectivity index (χ3v) is 6.54. The minimum absolute atomic E-state index is 0.133. The van der Waals surface area contributed by atoms with E-state index in [1.807, 2.05) is 92.7 Å². The van der Waals surface area contributed by atoms with E-state index >= 15 is 0 Å². The van der Waals surface area contributed by atoms with E-state index in [2.05, 4.69) is 11.9 Å². The lowest BCUT2D eigenvalue weighted by atomic mass is 9.93. The zero-order chi connectivity index (χ0) is 25.0. The smallest absolute Gasteiger partial charge is 0.314 e. The fourth-order valence-electron chi connectivity index (χ4n) is 4.34. The molecule has 0 bridgehead atoms. The minimum atomic E-state index is -0.736. The highest BCUT2D eigenvalue weighted by Gasteiger charge is 2.51. The lowest BCUT2D eigenvalue weighted by Gasteiger charge is -2.20. The molecule has 3 aromatic rings. The lowest BCUT2D eigenvalue weighted by molar-refractivity contribution is -0.140. The number of carbonyl (C=O) groups is 1. The number of hydrogen-bond acceptors (Lipinski definition) is 4. The summed E-state index contributed by atoms with van der Waals surface area (Å²) >= 11 is 0. The van der Waals surface area contributed by atoms with Crippen molar-refractivity contribution < 1.29 is 19.4 Å². The van der Waals surface area contributed by atoms with Gasteiger partial charge in [-0.25, -0.2) is 0 Å². The Morgan fingerprint density at radius 2 is 1.54 bits per heavy atom. The predicted octanol–water partition coefficient (Wildman–Crippen LogP) is 6.64. The molecule has 0 amide bonds. The summed E-state index contributed by atoms with van der Waals surface area (Å²) in [6.45, 7) is 7.91. The van der Waals surface area contributed by atoms with E-state index in [-0.39, 0.29) is 6.10 Å². The minimum Gasteiger partial charge on any atom is -0.494 e. The topological polar surface area (TPSA) is 67.8 Å². The molecule has 35 heavy (non-hydrogen) atoms. The summed E-state index contributed by atoms with van der Waals surface area (Å²) in [6, 6.07) is 25.9. The molecule has 0 aliphatic heterocycles. The Morgan fingerprint density at radius 1 is 0.971 bits per heavy atom. The summed E-state index contributed by atoms with van der Waals surface area (Å²) < 4.78 is 11.6. The number of aliphatic carboxylic acids is 1. The van der Waals surface area contributed by atoms with Gasteiger partial charge in [-0.15, -0.1) is 0 Å². The van der Waals surface area contributed by atoms with Gasteiger partial charge in [-0.3, -0.25) is 4.79 Å². The molecule has 1 saturated carbocycles. The van der Waals surface area contributed by atoms with Crippen molar-refractivity contribution in [1.29, 1.82) is 0 Å². The number of ether oxygens (including phenoxy) is 2. The molecule has 0 unspecified atom stereocenters. The molecule has 2 N–H and O–H groups in total. The van der Waals surface area contributed by atoms with Crippen LogP contribution in [-0.2, 0) is 19.7 Å². The Kier molecular flexibility index (Phi) is 6.97. The van der Waals surface area contributed by atoms with Crippen molar-refractivity contribution in [2.45, 2.75) is 38.2 Å². The Hall–Kier alpha value is -3.99. The quantitative estimate of drug-likeness (QED) is 0.326. The molecule has 4 rings (SSSR count). The van der Waals surface area contributed by atoms with E-state index in [1.54, 1.807) is 7.11 Å². The highest BCUT2D eigenvalue weighted by atomic mass is 16.5. The van der Waals surface area contributed by atoms with Crippen molar-refractivity contribution >= 4 is 11.7 Å². The molecule has 1 atom stereocenters. The molecule has 0 radical (unpaired) electrons. The van der Waals surface area contributed by atoms with Crippen LogP contribution in [0, 0.1) is 0 Å². The van der Waals surface area contributed by atoms with Crippen LogP contribution in [0.1, 0.15) is 49.5 Å². The van der Waals surface area contributed by atoms with Crippen molar-refractivity contribution in [2.75, 3.05) is 7.11 Å². The monoisotopic (exact) mass is 469 g/mol. The second-order valence-electron chi connectivity index (χ2n) is 8.92. The third kappa shape index (κ3) is 5.24. The van der Waals surface area contributed by atoms with Crippen LogP contribution in [0.25, 0.3) is 16.9 Å². The maximum Gasteiger partial charge on any atom is 0.314 e. The number of carboxylic acids is 1. The number of allylic oxidation sites excluding steroid dienone is 1. The molecule has 1 aliphatic carbocycles. The van der Waals surface area contributed by atoms with Gasteiger partial charge >= 0.3 is 5.97 Å². The molecule has 3 aromatic carbocycles. The van der Waals surface area contributed by atoms with Gasteiger partial charge in [0.1, 0.15) is 11.9 Å². The van der Waals surface area contributed by atoms with Gasteiger partial charge in [-0.1, -0.05) is 78.9 Å². The van der Waals surface area contributed by atoms with Gasteiger partial charge in [0.05, 0.1) is 18.2 Å². The van der Waals surface area contributed by atoms with Crippen molar-refractivity contribution in [1.82, 2.24) is 5.32 Å². The molecular weight excluding hydrogens is 438 g/mol. The molecule has 1 aliphatic rings. The molecule has 1 fully saturated rings. The van der Waals surface area contributed by atoms with Gasteiger partial charge < -0.3 is 19.9 Å². The normalized spacial score (nSPS) is 15.4. The van der Waals surface area contributed by atoms with Crippen LogP contribution in [-0.4, -0.2) is 18.2 Å². The second kappa shape index (κ2) is 10.1. The van der Waals surface area contributed by atoms with Crippen LogP contribution in [0.5, 0.6) is 0 Å². The lowest BCUT2D eigenvalue weighted by Crippen LogP contribution is -2.19. The number of carboxylic acid groups (broad SMARTS) is 1. The van der Waals surface area contributed by atoms with Crippen molar-refractivity contribution in [3.8, 4) is 11.1 Å². The number of benzene rings is 3. The van der Waals surface area contributed by atoms with Crippen molar-refractivity contribution in [3.05, 3.63) is 114 Å². The van der Waals surface area contributed by atoms with Gasteiger partial charge in [0.15, 0.2) is 5.88 Å². The summed E-state index contributed by atoms with van der Waals surface area (Å²) in [5.41, 5.74) is 5.06. The van der Waals surface area contributed by atoms with Crippen molar-refractivity contribution in [2.24, 2.45) is 0 Å². The number of nitrogens with one attached hydrogen (secondary N) is 1. The van der Waals surface area contributed by atoms with Crippen LogP contribution in [0.2, 0.25) is 0 Å². The third-order valence-electron chi connectivity index (χ3n) is 6.54. The zero-order valence-electron chi connectivity index (χ0n) is 20.4. The van der Waals surface area contributed by atoms with Gasteiger partial charge in [0, 0.05) is 5.56 Å². The Morgan fingerprint density at radius 3 is 2.06 bits per heavy atom. The Labute approximate surface area is 206 Å². The molecule has 5 heteroatoms. The first-order valence-electron chi connectivity index (χ1n) is 11.7. The van der Waals surface area contributed by atoms with Crippen molar-refractivity contribution in [3.63, 3.8) is 0 Å². The second-order valence-corrected chi connectivity index (χ2v) is 8.92. The summed E-state index contributed by atoms with van der Waals surface area (Å²) in [7, 11) is 1.64. The number of rotatable bonds is 10. The van der Waals surface area contributed by atoms with Gasteiger partial charge in [0.2, 0.25) is 0 Å². The fourth-order valence-corrected chi connectivity index (χ4v) is 4.34. The van der Waals surface area contributed by atoms with E-state index in [4.69, 9.17) is 9.47 Å². The molecule has 0 spiro atoms. The number of methoxy groups -OCH3 is 1. The van der Waals surface area contributed by atoms with E-state index in [0.29, 0.717) is 24.5 Å². The SMILES string of the molecule is C=C(N/C(C)=C(/OC)c1ccc(-c2ccc(C3(C(=O)O)CC3)cc2)cc1)O[C@H](C)c1ccccc1.